The zero-order chi connectivity index (χ0) is 27.2. The largest absolute Gasteiger partial charge is 0.469 e. The van der Waals surface area contributed by atoms with Crippen molar-refractivity contribution in [3.8, 4) is 0 Å². The van der Waals surface area contributed by atoms with Gasteiger partial charge in [-0.3, -0.25) is 9.59 Å². The van der Waals surface area contributed by atoms with E-state index in [9.17, 15) is 9.59 Å². The Morgan fingerprint density at radius 3 is 1.19 bits per heavy atom. The molecule has 0 heterocycles. The van der Waals surface area contributed by atoms with Crippen molar-refractivity contribution in [2.45, 2.75) is 181 Å². The Morgan fingerprint density at radius 1 is 0.514 bits per heavy atom. The molecule has 4 heteroatoms. The molecule has 4 nitrogen and oxygen atoms in total. The summed E-state index contributed by atoms with van der Waals surface area (Å²) < 4.78 is 10.2. The molecule has 0 aromatic rings. The number of ether oxygens (including phenoxy) is 2. The van der Waals surface area contributed by atoms with E-state index in [1.54, 1.807) is 0 Å². The van der Waals surface area contributed by atoms with Gasteiger partial charge in [0.15, 0.2) is 0 Å². The summed E-state index contributed by atoms with van der Waals surface area (Å²) in [5, 5.41) is 0. The summed E-state index contributed by atoms with van der Waals surface area (Å²) in [4.78, 5) is 23.0. The Morgan fingerprint density at radius 2 is 0.865 bits per heavy atom. The second kappa shape index (κ2) is 29.5. The predicted octanol–water partition coefficient (Wildman–Crippen LogP) is 10.5. The van der Waals surface area contributed by atoms with Crippen LogP contribution in [0.1, 0.15) is 181 Å². The fraction of sp³-hybridized carbons (Fsp3) is 0.939. The molecule has 0 aliphatic carbocycles. The first-order valence-electron chi connectivity index (χ1n) is 16.4. The molecular formula is C33H64O4. The molecule has 0 spiro atoms. The Bertz CT molecular complexity index is 491. The van der Waals surface area contributed by atoms with Gasteiger partial charge in [-0.15, -0.1) is 0 Å². The molecule has 0 bridgehead atoms. The van der Waals surface area contributed by atoms with Gasteiger partial charge in [0.05, 0.1) is 13.7 Å². The predicted molar refractivity (Wildman–Crippen MR) is 158 cm³/mol. The molecule has 0 aromatic carbocycles. The van der Waals surface area contributed by atoms with E-state index in [0.717, 1.165) is 25.7 Å². The summed E-state index contributed by atoms with van der Waals surface area (Å²) in [6.45, 7) is 5.03. The minimum atomic E-state index is -0.0723. The van der Waals surface area contributed by atoms with Gasteiger partial charge < -0.3 is 9.47 Å². The monoisotopic (exact) mass is 524 g/mol. The van der Waals surface area contributed by atoms with E-state index in [2.05, 4.69) is 18.6 Å². The standard InChI is InChI=1S/C33H64O4/c1-4-6-27-31(5-2)30-37-33(35)29-26-24-22-20-18-16-14-12-10-8-7-9-11-13-15-17-19-21-23-25-28-32(34)36-3/h31H,4-30H2,1-3H3. The van der Waals surface area contributed by atoms with Crippen LogP contribution in [-0.4, -0.2) is 25.7 Å². The molecule has 0 aromatic heterocycles. The average Bonchev–Trinajstić information content (AvgIpc) is 2.91. The second-order valence-corrected chi connectivity index (χ2v) is 11.2. The van der Waals surface area contributed by atoms with Crippen LogP contribution in [0.15, 0.2) is 0 Å². The van der Waals surface area contributed by atoms with Crippen molar-refractivity contribution in [1.82, 2.24) is 0 Å². The Balaban J connectivity index is 3.21. The van der Waals surface area contributed by atoms with Crippen molar-refractivity contribution in [1.29, 1.82) is 0 Å². The van der Waals surface area contributed by atoms with Crippen molar-refractivity contribution in [3.05, 3.63) is 0 Å². The van der Waals surface area contributed by atoms with Crippen molar-refractivity contribution in [2.75, 3.05) is 13.7 Å². The van der Waals surface area contributed by atoms with E-state index >= 15 is 0 Å². The Kier molecular flexibility index (Phi) is 28.7. The number of carbonyl (C=O) groups excluding carboxylic acids is 2. The molecule has 0 amide bonds. The van der Waals surface area contributed by atoms with E-state index in [1.807, 2.05) is 0 Å². The Labute approximate surface area is 231 Å². The van der Waals surface area contributed by atoms with Gasteiger partial charge in [-0.1, -0.05) is 149 Å². The highest BCUT2D eigenvalue weighted by atomic mass is 16.5. The summed E-state index contributed by atoms with van der Waals surface area (Å²) in [7, 11) is 1.47. The number of hydrogen-bond acceptors (Lipinski definition) is 4. The molecular weight excluding hydrogens is 460 g/mol. The van der Waals surface area contributed by atoms with E-state index < -0.39 is 0 Å². The number of hydrogen-bond donors (Lipinski definition) is 0. The van der Waals surface area contributed by atoms with Crippen LogP contribution in [0.5, 0.6) is 0 Å². The maximum atomic E-state index is 11.9. The lowest BCUT2D eigenvalue weighted by Gasteiger charge is -2.14. The topological polar surface area (TPSA) is 52.6 Å². The molecule has 37 heavy (non-hydrogen) atoms. The number of methoxy groups -OCH3 is 1. The minimum Gasteiger partial charge on any atom is -0.469 e. The zero-order valence-corrected chi connectivity index (χ0v) is 25.3. The first-order chi connectivity index (χ1) is 18.1. The fourth-order valence-corrected chi connectivity index (χ4v) is 5.00. The lowest BCUT2D eigenvalue weighted by atomic mass is 10.0. The molecule has 0 saturated carbocycles. The normalized spacial score (nSPS) is 12.0. The van der Waals surface area contributed by atoms with E-state index in [1.165, 1.54) is 136 Å². The molecule has 0 aliphatic rings. The van der Waals surface area contributed by atoms with Crippen LogP contribution in [-0.2, 0) is 19.1 Å². The highest BCUT2D eigenvalue weighted by Crippen LogP contribution is 2.16. The summed E-state index contributed by atoms with van der Waals surface area (Å²) in [6, 6.07) is 0. The van der Waals surface area contributed by atoms with Crippen molar-refractivity contribution >= 4 is 11.9 Å². The molecule has 0 fully saturated rings. The molecule has 0 radical (unpaired) electrons. The van der Waals surface area contributed by atoms with Gasteiger partial charge >= 0.3 is 11.9 Å². The molecule has 0 saturated heterocycles. The molecule has 0 N–H and O–H groups in total. The van der Waals surface area contributed by atoms with Gasteiger partial charge in [-0.2, -0.15) is 0 Å². The molecule has 1 unspecified atom stereocenters. The second-order valence-electron chi connectivity index (χ2n) is 11.2. The summed E-state index contributed by atoms with van der Waals surface area (Å²) >= 11 is 0. The lowest BCUT2D eigenvalue weighted by molar-refractivity contribution is -0.145. The fourth-order valence-electron chi connectivity index (χ4n) is 5.00. The average molecular weight is 525 g/mol. The maximum absolute atomic E-state index is 11.9. The highest BCUT2D eigenvalue weighted by Gasteiger charge is 2.09. The van der Waals surface area contributed by atoms with Crippen LogP contribution in [0.2, 0.25) is 0 Å². The Hall–Kier alpha value is -1.06. The van der Waals surface area contributed by atoms with Crippen LogP contribution >= 0.6 is 0 Å². The zero-order valence-electron chi connectivity index (χ0n) is 25.3. The van der Waals surface area contributed by atoms with Gasteiger partial charge in [0.25, 0.3) is 0 Å². The van der Waals surface area contributed by atoms with Gasteiger partial charge in [-0.05, 0) is 25.2 Å². The van der Waals surface area contributed by atoms with Crippen molar-refractivity contribution in [2.24, 2.45) is 5.92 Å². The van der Waals surface area contributed by atoms with Crippen molar-refractivity contribution in [3.63, 3.8) is 0 Å². The quantitative estimate of drug-likeness (QED) is 0.0721. The van der Waals surface area contributed by atoms with Crippen LogP contribution < -0.4 is 0 Å². The number of esters is 2. The van der Waals surface area contributed by atoms with Gasteiger partial charge in [0.2, 0.25) is 0 Å². The third kappa shape index (κ3) is 27.8. The number of carbonyl (C=O) groups is 2. The van der Waals surface area contributed by atoms with Gasteiger partial charge in [0.1, 0.15) is 0 Å². The number of unbranched alkanes of at least 4 members (excludes halogenated alkanes) is 20. The van der Waals surface area contributed by atoms with E-state index in [-0.39, 0.29) is 11.9 Å². The molecule has 0 aliphatic heterocycles. The summed E-state index contributed by atoms with van der Waals surface area (Å²) in [5.74, 6) is 0.486. The summed E-state index contributed by atoms with van der Waals surface area (Å²) in [5.41, 5.74) is 0. The maximum Gasteiger partial charge on any atom is 0.305 e. The SMILES string of the molecule is CCCCC(CC)COC(=O)CCCCCCCCCCCCCCCCCCCCCCC(=O)OC. The van der Waals surface area contributed by atoms with Crippen LogP contribution in [0, 0.1) is 5.92 Å². The van der Waals surface area contributed by atoms with Crippen LogP contribution in [0.25, 0.3) is 0 Å². The minimum absolute atomic E-state index is 0.00969. The molecule has 1 atom stereocenters. The van der Waals surface area contributed by atoms with Crippen molar-refractivity contribution < 1.29 is 19.1 Å². The van der Waals surface area contributed by atoms with Crippen LogP contribution in [0.3, 0.4) is 0 Å². The first kappa shape index (κ1) is 35.9. The smallest absolute Gasteiger partial charge is 0.305 e. The first-order valence-corrected chi connectivity index (χ1v) is 16.4. The lowest BCUT2D eigenvalue weighted by Crippen LogP contribution is -2.13. The summed E-state index contributed by atoms with van der Waals surface area (Å²) in [6.07, 6.45) is 32.0. The third-order valence-corrected chi connectivity index (χ3v) is 7.76. The van der Waals surface area contributed by atoms with Crippen LogP contribution in [0.4, 0.5) is 0 Å². The number of rotatable bonds is 29. The molecule has 0 rings (SSSR count). The van der Waals surface area contributed by atoms with Gasteiger partial charge in [0, 0.05) is 12.8 Å². The van der Waals surface area contributed by atoms with E-state index in [4.69, 9.17) is 4.74 Å². The highest BCUT2D eigenvalue weighted by molar-refractivity contribution is 5.69. The molecule has 220 valence electrons. The van der Waals surface area contributed by atoms with E-state index in [0.29, 0.717) is 25.4 Å². The third-order valence-electron chi connectivity index (χ3n) is 7.76. The van der Waals surface area contributed by atoms with Gasteiger partial charge in [-0.25, -0.2) is 0 Å².